The normalized spacial score (nSPS) is 15.8. The fourth-order valence-corrected chi connectivity index (χ4v) is 4.70. The summed E-state index contributed by atoms with van der Waals surface area (Å²) in [6, 6.07) is 16.3. The second kappa shape index (κ2) is 8.06. The third kappa shape index (κ3) is 3.57. The van der Waals surface area contributed by atoms with Gasteiger partial charge in [-0.05, 0) is 55.0 Å². The number of fused-ring (bicyclic) bond motifs is 3. The maximum atomic E-state index is 13.6. The van der Waals surface area contributed by atoms with Gasteiger partial charge < -0.3 is 9.47 Å². The molecule has 0 N–H and O–H groups in total. The van der Waals surface area contributed by atoms with Gasteiger partial charge in [-0.25, -0.2) is 4.79 Å². The minimum absolute atomic E-state index is 0.267. The lowest BCUT2D eigenvalue weighted by atomic mass is 10.1. The molecular formula is C26H29N5O2. The number of rotatable bonds is 4. The molecule has 4 aromatic rings. The molecule has 0 radical (unpaired) electrons. The minimum Gasteiger partial charge on any atom is -0.312 e. The Morgan fingerprint density at radius 3 is 2.48 bits per heavy atom. The predicted octanol–water partition coefficient (Wildman–Crippen LogP) is 3.54. The van der Waals surface area contributed by atoms with Crippen LogP contribution < -0.4 is 16.1 Å². The zero-order valence-electron chi connectivity index (χ0n) is 19.6. The van der Waals surface area contributed by atoms with Gasteiger partial charge in [-0.3, -0.25) is 13.9 Å². The number of nitrogens with zero attached hydrogens (tertiary/aromatic N) is 5. The standard InChI is InChI=1S/C26H29N5O2/c1-17-15-30(21-11-10-18(2)19(3)14-21)25-27-23-22(31(25)16-17)24(32)29(26(33)28(23)4)13-12-20-8-6-5-7-9-20/h5-11,14,17H,12-13,15-16H2,1-4H3/t17-/m0/s1. The van der Waals surface area contributed by atoms with E-state index in [1.54, 1.807) is 7.05 Å². The van der Waals surface area contributed by atoms with Gasteiger partial charge in [0.2, 0.25) is 5.95 Å². The van der Waals surface area contributed by atoms with Crippen LogP contribution in [0.25, 0.3) is 11.2 Å². The number of hydrogen-bond acceptors (Lipinski definition) is 4. The summed E-state index contributed by atoms with van der Waals surface area (Å²) >= 11 is 0. The van der Waals surface area contributed by atoms with Crippen molar-refractivity contribution in [2.24, 2.45) is 13.0 Å². The average molecular weight is 444 g/mol. The van der Waals surface area contributed by atoms with E-state index in [1.165, 1.54) is 20.3 Å². The van der Waals surface area contributed by atoms with Crippen LogP contribution in [0.5, 0.6) is 0 Å². The maximum Gasteiger partial charge on any atom is 0.332 e. The van der Waals surface area contributed by atoms with Gasteiger partial charge in [0.15, 0.2) is 11.2 Å². The highest BCUT2D eigenvalue weighted by atomic mass is 16.2. The molecule has 0 spiro atoms. The number of imidazole rings is 1. The summed E-state index contributed by atoms with van der Waals surface area (Å²) < 4.78 is 4.86. The van der Waals surface area contributed by atoms with Crippen LogP contribution in [-0.4, -0.2) is 25.2 Å². The topological polar surface area (TPSA) is 65.1 Å². The maximum absolute atomic E-state index is 13.6. The molecule has 3 heterocycles. The Kier molecular flexibility index (Phi) is 5.19. The Labute approximate surface area is 192 Å². The Balaban J connectivity index is 1.65. The largest absolute Gasteiger partial charge is 0.332 e. The van der Waals surface area contributed by atoms with E-state index < -0.39 is 0 Å². The highest BCUT2D eigenvalue weighted by molar-refractivity contribution is 5.77. The van der Waals surface area contributed by atoms with Crippen molar-refractivity contribution in [3.8, 4) is 0 Å². The van der Waals surface area contributed by atoms with Gasteiger partial charge in [0.25, 0.3) is 5.56 Å². The van der Waals surface area contributed by atoms with Crippen molar-refractivity contribution in [2.45, 2.75) is 40.3 Å². The van der Waals surface area contributed by atoms with Gasteiger partial charge in [-0.1, -0.05) is 43.3 Å². The zero-order valence-corrected chi connectivity index (χ0v) is 19.6. The van der Waals surface area contributed by atoms with Crippen molar-refractivity contribution in [2.75, 3.05) is 11.4 Å². The SMILES string of the molecule is Cc1ccc(N2C[C@H](C)Cn3c2nc2c3c(=O)n(CCc3ccccc3)c(=O)n2C)cc1C. The lowest BCUT2D eigenvalue weighted by Crippen LogP contribution is -2.40. The van der Waals surface area contributed by atoms with E-state index in [1.807, 2.05) is 34.9 Å². The van der Waals surface area contributed by atoms with Crippen LogP contribution in [-0.2, 0) is 26.6 Å². The third-order valence-corrected chi connectivity index (χ3v) is 6.71. The molecule has 0 amide bonds. The van der Waals surface area contributed by atoms with Crippen LogP contribution >= 0.6 is 0 Å². The molecule has 7 nitrogen and oxygen atoms in total. The monoisotopic (exact) mass is 443 g/mol. The number of hydrogen-bond donors (Lipinski definition) is 0. The van der Waals surface area contributed by atoms with Crippen molar-refractivity contribution >= 4 is 22.8 Å². The number of anilines is 2. The molecule has 2 aromatic carbocycles. The van der Waals surface area contributed by atoms with Crippen LogP contribution in [0.3, 0.4) is 0 Å². The van der Waals surface area contributed by atoms with Crippen LogP contribution in [0.2, 0.25) is 0 Å². The molecule has 0 saturated heterocycles. The molecule has 0 saturated carbocycles. The summed E-state index contributed by atoms with van der Waals surface area (Å²) in [4.78, 5) is 33.7. The lowest BCUT2D eigenvalue weighted by Gasteiger charge is -2.33. The first kappa shape index (κ1) is 21.2. The zero-order chi connectivity index (χ0) is 23.3. The molecule has 170 valence electrons. The summed E-state index contributed by atoms with van der Waals surface area (Å²) in [6.45, 7) is 8.22. The van der Waals surface area contributed by atoms with E-state index in [9.17, 15) is 9.59 Å². The number of aryl methyl sites for hydroxylation is 4. The van der Waals surface area contributed by atoms with Gasteiger partial charge in [0.1, 0.15) is 0 Å². The third-order valence-electron chi connectivity index (χ3n) is 6.71. The van der Waals surface area contributed by atoms with Crippen LogP contribution in [0.15, 0.2) is 58.1 Å². The van der Waals surface area contributed by atoms with E-state index in [0.29, 0.717) is 36.6 Å². The molecular weight excluding hydrogens is 414 g/mol. The van der Waals surface area contributed by atoms with Crippen molar-refractivity contribution in [3.63, 3.8) is 0 Å². The number of benzene rings is 2. The molecule has 2 aromatic heterocycles. The quantitative estimate of drug-likeness (QED) is 0.484. The number of aromatic nitrogens is 4. The van der Waals surface area contributed by atoms with Gasteiger partial charge in [-0.2, -0.15) is 4.98 Å². The van der Waals surface area contributed by atoms with E-state index in [-0.39, 0.29) is 11.2 Å². The highest BCUT2D eigenvalue weighted by Gasteiger charge is 2.30. The van der Waals surface area contributed by atoms with E-state index >= 15 is 0 Å². The first-order chi connectivity index (χ1) is 15.8. The fourth-order valence-electron chi connectivity index (χ4n) is 4.70. The predicted molar refractivity (Wildman–Crippen MR) is 131 cm³/mol. The first-order valence-electron chi connectivity index (χ1n) is 11.4. The van der Waals surface area contributed by atoms with Crippen molar-refractivity contribution in [1.82, 2.24) is 18.7 Å². The second-order valence-corrected chi connectivity index (χ2v) is 9.21. The van der Waals surface area contributed by atoms with E-state index in [4.69, 9.17) is 4.98 Å². The molecule has 7 heteroatoms. The highest BCUT2D eigenvalue weighted by Crippen LogP contribution is 2.33. The second-order valence-electron chi connectivity index (χ2n) is 9.21. The van der Waals surface area contributed by atoms with Gasteiger partial charge in [0, 0.05) is 32.4 Å². The van der Waals surface area contributed by atoms with Gasteiger partial charge >= 0.3 is 5.69 Å². The lowest BCUT2D eigenvalue weighted by molar-refractivity contribution is 0.457. The minimum atomic E-state index is -0.329. The molecule has 1 aliphatic heterocycles. The summed E-state index contributed by atoms with van der Waals surface area (Å²) in [6.07, 6.45) is 0.619. The van der Waals surface area contributed by atoms with Crippen molar-refractivity contribution < 1.29 is 0 Å². The van der Waals surface area contributed by atoms with Crippen LogP contribution in [0, 0.1) is 19.8 Å². The Morgan fingerprint density at radius 1 is 1.00 bits per heavy atom. The molecule has 0 unspecified atom stereocenters. The summed E-state index contributed by atoms with van der Waals surface area (Å²) in [5, 5.41) is 0. The van der Waals surface area contributed by atoms with Gasteiger partial charge in [0.05, 0.1) is 0 Å². The Morgan fingerprint density at radius 2 is 1.76 bits per heavy atom. The van der Waals surface area contributed by atoms with E-state index in [0.717, 1.165) is 23.7 Å². The summed E-state index contributed by atoms with van der Waals surface area (Å²) in [5.74, 6) is 1.05. The summed E-state index contributed by atoms with van der Waals surface area (Å²) in [5.41, 5.74) is 4.94. The molecule has 33 heavy (non-hydrogen) atoms. The molecule has 5 rings (SSSR count). The molecule has 0 fully saturated rings. The first-order valence-corrected chi connectivity index (χ1v) is 11.4. The molecule has 0 bridgehead atoms. The molecule has 0 aliphatic carbocycles. The Bertz CT molecular complexity index is 1460. The van der Waals surface area contributed by atoms with Crippen LogP contribution in [0.1, 0.15) is 23.6 Å². The van der Waals surface area contributed by atoms with E-state index in [2.05, 4.69) is 43.9 Å². The van der Waals surface area contributed by atoms with Crippen molar-refractivity contribution in [1.29, 1.82) is 0 Å². The molecule has 1 aliphatic rings. The Hall–Kier alpha value is -3.61. The fraction of sp³-hybridized carbons (Fsp3) is 0.346. The smallest absolute Gasteiger partial charge is 0.312 e. The summed E-state index contributed by atoms with van der Waals surface area (Å²) in [7, 11) is 1.70. The van der Waals surface area contributed by atoms with Gasteiger partial charge in [-0.15, -0.1) is 0 Å². The molecule has 1 atom stereocenters. The van der Waals surface area contributed by atoms with Crippen molar-refractivity contribution in [3.05, 3.63) is 86.1 Å². The van der Waals surface area contributed by atoms with Crippen LogP contribution in [0.4, 0.5) is 11.6 Å². The average Bonchev–Trinajstić information content (AvgIpc) is 3.19.